The van der Waals surface area contributed by atoms with Gasteiger partial charge in [0, 0.05) is 12.1 Å². The Bertz CT molecular complexity index is 1040. The number of fused-ring (bicyclic) bond motifs is 3. The van der Waals surface area contributed by atoms with Gasteiger partial charge in [0.15, 0.2) is 11.2 Å². The van der Waals surface area contributed by atoms with Crippen LogP contribution in [0.4, 0.5) is 0 Å². The molecule has 3 aromatic rings. The van der Waals surface area contributed by atoms with Gasteiger partial charge in [-0.05, 0) is 48.2 Å². The van der Waals surface area contributed by atoms with Crippen molar-refractivity contribution in [1.82, 2.24) is 4.98 Å². The number of nitriles is 1. The molecule has 2 aliphatic rings. The molecule has 1 aliphatic carbocycles. The lowest BCUT2D eigenvalue weighted by Gasteiger charge is -2.39. The van der Waals surface area contributed by atoms with Crippen LogP contribution in [0, 0.1) is 11.3 Å². The second-order valence-corrected chi connectivity index (χ2v) is 7.24. The van der Waals surface area contributed by atoms with Crippen LogP contribution in [0.2, 0.25) is 0 Å². The summed E-state index contributed by atoms with van der Waals surface area (Å²) in [5.74, 6) is 0.607. The number of pyridine rings is 1. The highest BCUT2D eigenvalue weighted by Crippen LogP contribution is 2.65. The summed E-state index contributed by atoms with van der Waals surface area (Å²) in [7, 11) is 0. The topological polar surface area (TPSA) is 66.1 Å². The molecule has 4 nitrogen and oxygen atoms in total. The molecule has 4 heteroatoms. The fourth-order valence-electron chi connectivity index (χ4n) is 4.82. The number of hydrogen-bond donors (Lipinski definition) is 1. The minimum Gasteiger partial charge on any atom is -0.476 e. The summed E-state index contributed by atoms with van der Waals surface area (Å²) in [6.45, 7) is 0. The third kappa shape index (κ3) is 2.03. The molecule has 0 amide bonds. The SMILES string of the molecule is N#Cc1ccc(C23Oc4cccnc4[C@]2(O)CCC3c2ccccc2)cc1. The maximum absolute atomic E-state index is 11.9. The minimum atomic E-state index is -1.21. The van der Waals surface area contributed by atoms with Crippen molar-refractivity contribution in [2.45, 2.75) is 30.0 Å². The van der Waals surface area contributed by atoms with Gasteiger partial charge in [0.1, 0.15) is 11.4 Å². The average Bonchev–Trinajstić information content (AvgIpc) is 3.16. The largest absolute Gasteiger partial charge is 0.476 e. The average molecular weight is 354 g/mol. The molecular formula is C23H18N2O2. The van der Waals surface area contributed by atoms with Gasteiger partial charge in [-0.25, -0.2) is 0 Å². The van der Waals surface area contributed by atoms with Gasteiger partial charge >= 0.3 is 0 Å². The Morgan fingerprint density at radius 1 is 1.04 bits per heavy atom. The number of nitrogens with zero attached hydrogens (tertiary/aromatic N) is 2. The molecule has 132 valence electrons. The molecule has 1 aliphatic heterocycles. The lowest BCUT2D eigenvalue weighted by Crippen LogP contribution is -2.48. The quantitative estimate of drug-likeness (QED) is 0.755. The van der Waals surface area contributed by atoms with E-state index in [1.54, 1.807) is 18.3 Å². The van der Waals surface area contributed by atoms with Gasteiger partial charge in [-0.15, -0.1) is 0 Å². The van der Waals surface area contributed by atoms with Gasteiger partial charge in [-0.3, -0.25) is 4.98 Å². The summed E-state index contributed by atoms with van der Waals surface area (Å²) >= 11 is 0. The third-order valence-corrected chi connectivity index (χ3v) is 5.98. The van der Waals surface area contributed by atoms with Gasteiger partial charge in [-0.1, -0.05) is 42.5 Å². The second kappa shape index (κ2) is 5.67. The zero-order valence-corrected chi connectivity index (χ0v) is 14.7. The van der Waals surface area contributed by atoms with Crippen LogP contribution in [0.5, 0.6) is 5.75 Å². The zero-order valence-electron chi connectivity index (χ0n) is 14.7. The number of hydrogen-bond acceptors (Lipinski definition) is 4. The maximum atomic E-state index is 11.9. The van der Waals surface area contributed by atoms with Crippen LogP contribution < -0.4 is 4.74 Å². The molecule has 0 bridgehead atoms. The van der Waals surface area contributed by atoms with E-state index in [4.69, 9.17) is 10.00 Å². The monoisotopic (exact) mass is 354 g/mol. The van der Waals surface area contributed by atoms with E-state index in [1.807, 2.05) is 42.5 Å². The molecule has 2 heterocycles. The first kappa shape index (κ1) is 16.0. The summed E-state index contributed by atoms with van der Waals surface area (Å²) in [5, 5.41) is 21.1. The molecule has 0 spiro atoms. The van der Waals surface area contributed by atoms with E-state index < -0.39 is 11.2 Å². The smallest absolute Gasteiger partial charge is 0.175 e. The predicted molar refractivity (Wildman–Crippen MR) is 100 cm³/mol. The normalized spacial score (nSPS) is 28.1. The van der Waals surface area contributed by atoms with Gasteiger partial charge in [0.05, 0.1) is 11.6 Å². The van der Waals surface area contributed by atoms with E-state index in [2.05, 4.69) is 23.2 Å². The minimum absolute atomic E-state index is 0.0224. The summed E-state index contributed by atoms with van der Waals surface area (Å²) in [5.41, 5.74) is 1.02. The third-order valence-electron chi connectivity index (χ3n) is 5.98. The molecule has 3 atom stereocenters. The zero-order chi connectivity index (χ0) is 18.5. The van der Waals surface area contributed by atoms with Crippen LogP contribution in [-0.4, -0.2) is 10.1 Å². The van der Waals surface area contributed by atoms with Crippen LogP contribution in [0.1, 0.15) is 41.1 Å². The Morgan fingerprint density at radius 3 is 2.56 bits per heavy atom. The Labute approximate surface area is 157 Å². The summed E-state index contributed by atoms with van der Waals surface area (Å²) in [6, 6.07) is 23.4. The van der Waals surface area contributed by atoms with Crippen LogP contribution in [0.3, 0.4) is 0 Å². The van der Waals surface area contributed by atoms with Gasteiger partial charge in [0.2, 0.25) is 0 Å². The maximum Gasteiger partial charge on any atom is 0.175 e. The molecule has 0 saturated heterocycles. The molecule has 5 rings (SSSR count). The van der Waals surface area contributed by atoms with Crippen molar-refractivity contribution in [3.05, 3.63) is 95.3 Å². The number of ether oxygens (including phenoxy) is 1. The highest BCUT2D eigenvalue weighted by molar-refractivity contribution is 5.51. The molecule has 0 radical (unpaired) electrons. The van der Waals surface area contributed by atoms with Crippen molar-refractivity contribution in [3.8, 4) is 11.8 Å². The number of rotatable bonds is 2. The molecule has 1 saturated carbocycles. The highest BCUT2D eigenvalue weighted by Gasteiger charge is 2.69. The first-order chi connectivity index (χ1) is 13.2. The van der Waals surface area contributed by atoms with Crippen molar-refractivity contribution in [2.24, 2.45) is 0 Å². The van der Waals surface area contributed by atoms with Gasteiger partial charge in [0.25, 0.3) is 0 Å². The first-order valence-corrected chi connectivity index (χ1v) is 9.11. The van der Waals surface area contributed by atoms with Gasteiger partial charge in [-0.2, -0.15) is 5.26 Å². The summed E-state index contributed by atoms with van der Waals surface area (Å²) in [4.78, 5) is 4.48. The molecular weight excluding hydrogens is 336 g/mol. The lowest BCUT2D eigenvalue weighted by atomic mass is 9.72. The van der Waals surface area contributed by atoms with E-state index >= 15 is 0 Å². The molecule has 2 unspecified atom stereocenters. The molecule has 1 N–H and O–H groups in total. The van der Waals surface area contributed by atoms with E-state index in [-0.39, 0.29) is 5.92 Å². The molecule has 27 heavy (non-hydrogen) atoms. The predicted octanol–water partition coefficient (Wildman–Crippen LogP) is 4.01. The highest BCUT2D eigenvalue weighted by atomic mass is 16.5. The van der Waals surface area contributed by atoms with Crippen LogP contribution in [0.15, 0.2) is 72.9 Å². The standard InChI is InChI=1S/C23H18N2O2/c24-15-16-8-10-18(11-9-16)23-19(17-5-2-1-3-6-17)12-13-22(23,26)21-20(27-23)7-4-14-25-21/h1-11,14,19,26H,12-13H2/t19?,22-,23?/m1/s1. The van der Waals surface area contributed by atoms with Crippen LogP contribution in [0.25, 0.3) is 0 Å². The van der Waals surface area contributed by atoms with Crippen molar-refractivity contribution >= 4 is 0 Å². The van der Waals surface area contributed by atoms with Crippen molar-refractivity contribution < 1.29 is 9.84 Å². The Balaban J connectivity index is 1.76. The van der Waals surface area contributed by atoms with Crippen molar-refractivity contribution in [2.75, 3.05) is 0 Å². The fourth-order valence-corrected chi connectivity index (χ4v) is 4.82. The van der Waals surface area contributed by atoms with Gasteiger partial charge < -0.3 is 9.84 Å². The van der Waals surface area contributed by atoms with E-state index in [1.165, 1.54) is 0 Å². The van der Waals surface area contributed by atoms with E-state index in [0.717, 1.165) is 17.5 Å². The Kier molecular flexibility index (Phi) is 3.37. The Hall–Kier alpha value is -3.16. The number of aliphatic hydroxyl groups is 1. The second-order valence-electron chi connectivity index (χ2n) is 7.24. The van der Waals surface area contributed by atoms with Crippen LogP contribution in [-0.2, 0) is 11.2 Å². The van der Waals surface area contributed by atoms with Crippen molar-refractivity contribution in [1.29, 1.82) is 5.26 Å². The lowest BCUT2D eigenvalue weighted by molar-refractivity contribution is -0.107. The van der Waals surface area contributed by atoms with Crippen molar-refractivity contribution in [3.63, 3.8) is 0 Å². The van der Waals surface area contributed by atoms with Crippen LogP contribution >= 0.6 is 0 Å². The number of benzene rings is 2. The fraction of sp³-hybridized carbons (Fsp3) is 0.217. The summed E-state index contributed by atoms with van der Waals surface area (Å²) in [6.07, 6.45) is 3.05. The Morgan fingerprint density at radius 2 is 1.81 bits per heavy atom. The first-order valence-electron chi connectivity index (χ1n) is 9.11. The van der Waals surface area contributed by atoms with E-state index in [9.17, 15) is 5.11 Å². The molecule has 2 aromatic carbocycles. The summed E-state index contributed by atoms with van der Waals surface area (Å²) < 4.78 is 6.55. The number of aromatic nitrogens is 1. The molecule has 1 aromatic heterocycles. The van der Waals surface area contributed by atoms with E-state index in [0.29, 0.717) is 23.4 Å². The molecule has 1 fully saturated rings.